The summed E-state index contributed by atoms with van der Waals surface area (Å²) in [7, 11) is 0. The van der Waals surface area contributed by atoms with Gasteiger partial charge < -0.3 is 9.64 Å². The molecule has 0 atom stereocenters. The van der Waals surface area contributed by atoms with Gasteiger partial charge in [0.05, 0.1) is 23.4 Å². The van der Waals surface area contributed by atoms with Crippen LogP contribution in [0.2, 0.25) is 0 Å². The first-order valence-corrected chi connectivity index (χ1v) is 11.9. The lowest BCUT2D eigenvalue weighted by molar-refractivity contribution is 0.122. The number of benzene rings is 1. The molecule has 2 fully saturated rings. The normalized spacial score (nSPS) is 18.5. The number of nitrogens with zero attached hydrogens (tertiary/aromatic N) is 5. The van der Waals surface area contributed by atoms with Gasteiger partial charge in [-0.2, -0.15) is 0 Å². The highest BCUT2D eigenvalue weighted by Gasteiger charge is 2.22. The van der Waals surface area contributed by atoms with Gasteiger partial charge in [-0.15, -0.1) is 17.9 Å². The van der Waals surface area contributed by atoms with E-state index in [4.69, 9.17) is 14.7 Å². The van der Waals surface area contributed by atoms with Crippen LogP contribution >= 0.6 is 11.3 Å². The van der Waals surface area contributed by atoms with Crippen molar-refractivity contribution in [2.75, 3.05) is 63.9 Å². The Balaban J connectivity index is 1.44. The van der Waals surface area contributed by atoms with Gasteiger partial charge >= 0.3 is 0 Å². The van der Waals surface area contributed by atoms with Crippen molar-refractivity contribution in [3.8, 4) is 11.4 Å². The van der Waals surface area contributed by atoms with Gasteiger partial charge in [0, 0.05) is 62.8 Å². The summed E-state index contributed by atoms with van der Waals surface area (Å²) in [6.45, 7) is 13.5. The van der Waals surface area contributed by atoms with Crippen molar-refractivity contribution in [3.63, 3.8) is 0 Å². The maximum atomic E-state index is 5.58. The van der Waals surface area contributed by atoms with Gasteiger partial charge in [-0.1, -0.05) is 36.4 Å². The van der Waals surface area contributed by atoms with E-state index in [9.17, 15) is 0 Å². The van der Waals surface area contributed by atoms with E-state index in [2.05, 4.69) is 39.5 Å². The van der Waals surface area contributed by atoms with E-state index in [1.807, 2.05) is 35.6 Å². The van der Waals surface area contributed by atoms with Crippen LogP contribution in [0, 0.1) is 0 Å². The number of morpholine rings is 1. The van der Waals surface area contributed by atoms with Crippen molar-refractivity contribution in [2.24, 2.45) is 0 Å². The average molecular weight is 436 g/mol. The molecule has 162 valence electrons. The molecule has 1 aromatic carbocycles. The van der Waals surface area contributed by atoms with Crippen LogP contribution < -0.4 is 4.90 Å². The number of piperazine rings is 1. The van der Waals surface area contributed by atoms with Gasteiger partial charge in [-0.25, -0.2) is 9.97 Å². The second-order valence-electron chi connectivity index (χ2n) is 8.13. The lowest BCUT2D eigenvalue weighted by atomic mass is 10.2. The Morgan fingerprint density at radius 3 is 2.45 bits per heavy atom. The quantitative estimate of drug-likeness (QED) is 0.552. The standard InChI is InChI=1S/C24H29N5OS/c1-2-8-27-9-11-28(12-10-27)18-20-17-21-22(31-20)24(29-13-15-30-16-14-29)26-23(25-21)19-6-4-3-5-7-19/h2-7,17H,1,8-16,18H2. The van der Waals surface area contributed by atoms with Crippen molar-refractivity contribution >= 4 is 27.4 Å². The summed E-state index contributed by atoms with van der Waals surface area (Å²) >= 11 is 1.85. The maximum Gasteiger partial charge on any atom is 0.162 e. The monoisotopic (exact) mass is 435 g/mol. The van der Waals surface area contributed by atoms with Gasteiger partial charge in [-0.3, -0.25) is 9.80 Å². The highest BCUT2D eigenvalue weighted by atomic mass is 32.1. The predicted molar refractivity (Wildman–Crippen MR) is 128 cm³/mol. The van der Waals surface area contributed by atoms with Crippen LogP contribution in [-0.4, -0.2) is 78.8 Å². The molecule has 0 aliphatic carbocycles. The second kappa shape index (κ2) is 9.44. The SMILES string of the molecule is C=CCN1CCN(Cc2cc3nc(-c4ccccc4)nc(N4CCOCC4)c3s2)CC1. The van der Waals surface area contributed by atoms with Crippen LogP contribution in [0.15, 0.2) is 49.1 Å². The van der Waals surface area contributed by atoms with Crippen molar-refractivity contribution in [1.29, 1.82) is 0 Å². The first-order chi connectivity index (χ1) is 15.3. The Bertz CT molecular complexity index is 1020. The maximum absolute atomic E-state index is 5.58. The lowest BCUT2D eigenvalue weighted by Crippen LogP contribution is -2.45. The zero-order valence-electron chi connectivity index (χ0n) is 17.9. The van der Waals surface area contributed by atoms with Crippen molar-refractivity contribution in [3.05, 3.63) is 53.9 Å². The Morgan fingerprint density at radius 1 is 0.968 bits per heavy atom. The summed E-state index contributed by atoms with van der Waals surface area (Å²) < 4.78 is 6.78. The first kappa shape index (κ1) is 20.6. The zero-order chi connectivity index (χ0) is 21.0. The Hall–Kier alpha value is -2.32. The number of anilines is 1. The van der Waals surface area contributed by atoms with Gasteiger partial charge in [0.15, 0.2) is 11.6 Å². The van der Waals surface area contributed by atoms with E-state index in [-0.39, 0.29) is 0 Å². The Morgan fingerprint density at radius 2 is 1.71 bits per heavy atom. The van der Waals surface area contributed by atoms with E-state index in [0.717, 1.165) is 88.3 Å². The molecule has 4 heterocycles. The van der Waals surface area contributed by atoms with Gasteiger partial charge in [0.25, 0.3) is 0 Å². The minimum Gasteiger partial charge on any atom is -0.378 e. The fraction of sp³-hybridized carbons (Fsp3) is 0.417. The highest BCUT2D eigenvalue weighted by Crippen LogP contribution is 2.35. The molecule has 0 radical (unpaired) electrons. The van der Waals surface area contributed by atoms with Crippen LogP contribution in [0.3, 0.4) is 0 Å². The number of thiophene rings is 1. The molecule has 2 saturated heterocycles. The third kappa shape index (κ3) is 4.65. The Labute approximate surface area is 187 Å². The zero-order valence-corrected chi connectivity index (χ0v) is 18.7. The average Bonchev–Trinajstić information content (AvgIpc) is 3.23. The third-order valence-electron chi connectivity index (χ3n) is 5.98. The van der Waals surface area contributed by atoms with Crippen molar-refractivity contribution in [1.82, 2.24) is 19.8 Å². The van der Waals surface area contributed by atoms with Crippen LogP contribution in [0.4, 0.5) is 5.82 Å². The Kier molecular flexibility index (Phi) is 6.27. The molecule has 2 aromatic heterocycles. The van der Waals surface area contributed by atoms with Gasteiger partial charge in [0.2, 0.25) is 0 Å². The van der Waals surface area contributed by atoms with Crippen LogP contribution in [0.1, 0.15) is 4.88 Å². The van der Waals surface area contributed by atoms with Crippen LogP contribution in [0.25, 0.3) is 21.6 Å². The van der Waals surface area contributed by atoms with E-state index in [0.29, 0.717) is 0 Å². The lowest BCUT2D eigenvalue weighted by Gasteiger charge is -2.33. The molecule has 5 rings (SSSR count). The summed E-state index contributed by atoms with van der Waals surface area (Å²) in [5.74, 6) is 1.86. The molecule has 0 N–H and O–H groups in total. The fourth-order valence-corrected chi connectivity index (χ4v) is 5.44. The molecule has 3 aromatic rings. The number of hydrogen-bond acceptors (Lipinski definition) is 7. The number of rotatable bonds is 6. The molecule has 2 aliphatic heterocycles. The predicted octanol–water partition coefficient (Wildman–Crippen LogP) is 3.50. The summed E-state index contributed by atoms with van der Waals surface area (Å²) in [6.07, 6.45) is 2.00. The molecule has 0 spiro atoms. The van der Waals surface area contributed by atoms with Crippen molar-refractivity contribution < 1.29 is 4.74 Å². The van der Waals surface area contributed by atoms with Gasteiger partial charge in [-0.05, 0) is 6.07 Å². The minimum atomic E-state index is 0.749. The minimum absolute atomic E-state index is 0.749. The van der Waals surface area contributed by atoms with Crippen molar-refractivity contribution in [2.45, 2.75) is 6.54 Å². The highest BCUT2D eigenvalue weighted by molar-refractivity contribution is 7.19. The largest absolute Gasteiger partial charge is 0.378 e. The molecule has 7 heteroatoms. The summed E-state index contributed by atoms with van der Waals surface area (Å²) in [5.41, 5.74) is 2.12. The number of fused-ring (bicyclic) bond motifs is 1. The number of hydrogen-bond donors (Lipinski definition) is 0. The summed E-state index contributed by atoms with van der Waals surface area (Å²) in [6, 6.07) is 12.6. The van der Waals surface area contributed by atoms with Crippen LogP contribution in [-0.2, 0) is 11.3 Å². The van der Waals surface area contributed by atoms with E-state index in [1.54, 1.807) is 0 Å². The summed E-state index contributed by atoms with van der Waals surface area (Å²) in [4.78, 5) is 18.7. The van der Waals surface area contributed by atoms with E-state index in [1.165, 1.54) is 9.58 Å². The van der Waals surface area contributed by atoms with Crippen LogP contribution in [0.5, 0.6) is 0 Å². The topological polar surface area (TPSA) is 44.7 Å². The fourth-order valence-electron chi connectivity index (χ4n) is 4.28. The third-order valence-corrected chi connectivity index (χ3v) is 7.08. The van der Waals surface area contributed by atoms with E-state index < -0.39 is 0 Å². The molecule has 0 unspecified atom stereocenters. The molecular weight excluding hydrogens is 406 g/mol. The summed E-state index contributed by atoms with van der Waals surface area (Å²) in [5, 5.41) is 0. The molecule has 0 bridgehead atoms. The molecule has 31 heavy (non-hydrogen) atoms. The smallest absolute Gasteiger partial charge is 0.162 e. The molecular formula is C24H29N5OS. The van der Waals surface area contributed by atoms with E-state index >= 15 is 0 Å². The molecule has 0 amide bonds. The molecule has 6 nitrogen and oxygen atoms in total. The second-order valence-corrected chi connectivity index (χ2v) is 9.27. The molecule has 2 aliphatic rings. The van der Waals surface area contributed by atoms with Gasteiger partial charge in [0.1, 0.15) is 0 Å². The molecule has 0 saturated carbocycles. The first-order valence-electron chi connectivity index (χ1n) is 11.0. The number of aromatic nitrogens is 2. The number of ether oxygens (including phenoxy) is 1.